The number of nitrogens with one attached hydrogen (secondary N) is 1. The van der Waals surface area contributed by atoms with Gasteiger partial charge in [-0.15, -0.1) is 0 Å². The number of aliphatic hydroxyl groups excluding tert-OH is 1. The molecule has 0 heterocycles. The van der Waals surface area contributed by atoms with Crippen molar-refractivity contribution in [3.05, 3.63) is 33.5 Å². The summed E-state index contributed by atoms with van der Waals surface area (Å²) in [5.74, 6) is -0.428. The molecule has 1 aromatic carbocycles. The van der Waals surface area contributed by atoms with E-state index in [9.17, 15) is 9.50 Å². The predicted molar refractivity (Wildman–Crippen MR) is 63.7 cm³/mol. The summed E-state index contributed by atoms with van der Waals surface area (Å²) in [7, 11) is 3.27. The van der Waals surface area contributed by atoms with Gasteiger partial charge in [0.1, 0.15) is 5.82 Å². The molecule has 0 spiro atoms. The van der Waals surface area contributed by atoms with Crippen molar-refractivity contribution in [2.75, 3.05) is 20.7 Å². The first-order chi connectivity index (χ1) is 7.60. The average Bonchev–Trinajstić information content (AvgIpc) is 2.23. The Balaban J connectivity index is 3.05. The standard InChI is InChI=1S/C11H15BrFNO2/c1-14-5-10(15)8-3-7(6-16-2)4-9(12)11(8)13/h3-4,10,14-15H,5-6H2,1-2H3. The molecule has 0 saturated heterocycles. The first-order valence-electron chi connectivity index (χ1n) is 4.89. The van der Waals surface area contributed by atoms with Crippen LogP contribution in [0.4, 0.5) is 4.39 Å². The van der Waals surface area contributed by atoms with Crippen LogP contribution in [0.25, 0.3) is 0 Å². The van der Waals surface area contributed by atoms with Crippen LogP contribution in [0.3, 0.4) is 0 Å². The summed E-state index contributed by atoms with van der Waals surface area (Å²) in [4.78, 5) is 0. The van der Waals surface area contributed by atoms with Gasteiger partial charge < -0.3 is 15.2 Å². The molecule has 0 amide bonds. The van der Waals surface area contributed by atoms with Crippen LogP contribution >= 0.6 is 15.9 Å². The Hall–Kier alpha value is -0.490. The van der Waals surface area contributed by atoms with Crippen molar-refractivity contribution in [2.24, 2.45) is 0 Å². The Bertz CT molecular complexity index is 360. The summed E-state index contributed by atoms with van der Waals surface area (Å²) in [6.45, 7) is 0.692. The van der Waals surface area contributed by atoms with Gasteiger partial charge in [-0.25, -0.2) is 4.39 Å². The van der Waals surface area contributed by atoms with Gasteiger partial charge in [0.15, 0.2) is 0 Å². The predicted octanol–water partition coefficient (Wildman–Crippen LogP) is 1.99. The number of rotatable bonds is 5. The number of halogens is 2. The minimum Gasteiger partial charge on any atom is -0.387 e. The third-order valence-corrected chi connectivity index (χ3v) is 2.76. The second-order valence-electron chi connectivity index (χ2n) is 3.49. The van der Waals surface area contributed by atoms with Crippen LogP contribution < -0.4 is 5.32 Å². The maximum atomic E-state index is 13.7. The molecule has 0 aliphatic rings. The number of likely N-dealkylation sites (N-methyl/N-ethyl adjacent to an activating group) is 1. The van der Waals surface area contributed by atoms with Crippen molar-refractivity contribution in [2.45, 2.75) is 12.7 Å². The molecule has 0 aromatic heterocycles. The normalized spacial score (nSPS) is 12.8. The van der Waals surface area contributed by atoms with Crippen LogP contribution in [0, 0.1) is 5.82 Å². The number of benzene rings is 1. The second-order valence-corrected chi connectivity index (χ2v) is 4.34. The summed E-state index contributed by atoms with van der Waals surface area (Å²) in [6.07, 6.45) is -0.863. The quantitative estimate of drug-likeness (QED) is 0.872. The van der Waals surface area contributed by atoms with Gasteiger partial charge in [0, 0.05) is 19.2 Å². The van der Waals surface area contributed by atoms with Crippen LogP contribution in [-0.4, -0.2) is 25.8 Å². The molecule has 0 bridgehead atoms. The molecule has 2 N–H and O–H groups in total. The van der Waals surface area contributed by atoms with Crippen molar-refractivity contribution in [1.82, 2.24) is 5.32 Å². The van der Waals surface area contributed by atoms with Crippen molar-refractivity contribution < 1.29 is 14.2 Å². The number of aliphatic hydroxyl groups is 1. The average molecular weight is 292 g/mol. The Morgan fingerprint density at radius 2 is 2.25 bits per heavy atom. The van der Waals surface area contributed by atoms with E-state index in [4.69, 9.17) is 4.74 Å². The van der Waals surface area contributed by atoms with Crippen LogP contribution in [0.5, 0.6) is 0 Å². The highest BCUT2D eigenvalue weighted by Crippen LogP contribution is 2.26. The lowest BCUT2D eigenvalue weighted by atomic mass is 10.1. The van der Waals surface area contributed by atoms with E-state index in [2.05, 4.69) is 21.2 Å². The first-order valence-corrected chi connectivity index (χ1v) is 5.68. The molecule has 3 nitrogen and oxygen atoms in total. The van der Waals surface area contributed by atoms with Gasteiger partial charge in [0.05, 0.1) is 17.2 Å². The maximum absolute atomic E-state index is 13.7. The van der Waals surface area contributed by atoms with E-state index in [-0.39, 0.29) is 5.56 Å². The van der Waals surface area contributed by atoms with Crippen LogP contribution in [0.2, 0.25) is 0 Å². The van der Waals surface area contributed by atoms with Gasteiger partial charge in [-0.1, -0.05) is 0 Å². The second kappa shape index (κ2) is 6.30. The zero-order chi connectivity index (χ0) is 12.1. The molecule has 0 saturated carbocycles. The highest BCUT2D eigenvalue weighted by molar-refractivity contribution is 9.10. The number of hydrogen-bond donors (Lipinski definition) is 2. The minimum absolute atomic E-state index is 0.274. The lowest BCUT2D eigenvalue weighted by molar-refractivity contribution is 0.170. The van der Waals surface area contributed by atoms with E-state index < -0.39 is 11.9 Å². The fourth-order valence-electron chi connectivity index (χ4n) is 1.46. The van der Waals surface area contributed by atoms with Crippen LogP contribution in [0.15, 0.2) is 16.6 Å². The molecule has 0 aliphatic carbocycles. The lowest BCUT2D eigenvalue weighted by Gasteiger charge is -2.14. The molecule has 1 aromatic rings. The molecule has 5 heteroatoms. The van der Waals surface area contributed by atoms with Crippen LogP contribution in [-0.2, 0) is 11.3 Å². The van der Waals surface area contributed by atoms with Crippen molar-refractivity contribution in [3.8, 4) is 0 Å². The Labute approximate surface area is 103 Å². The van der Waals surface area contributed by atoms with E-state index in [0.717, 1.165) is 5.56 Å². The van der Waals surface area contributed by atoms with Gasteiger partial charge >= 0.3 is 0 Å². The SMILES string of the molecule is CNCC(O)c1cc(COC)cc(Br)c1F. The smallest absolute Gasteiger partial charge is 0.143 e. The van der Waals surface area contributed by atoms with Crippen molar-refractivity contribution >= 4 is 15.9 Å². The highest BCUT2D eigenvalue weighted by Gasteiger charge is 2.15. The van der Waals surface area contributed by atoms with Gasteiger partial charge in [-0.3, -0.25) is 0 Å². The fourth-order valence-corrected chi connectivity index (χ4v) is 1.99. The van der Waals surface area contributed by atoms with Crippen molar-refractivity contribution in [1.29, 1.82) is 0 Å². The van der Waals surface area contributed by atoms with Gasteiger partial charge in [-0.05, 0) is 40.7 Å². The van der Waals surface area contributed by atoms with E-state index >= 15 is 0 Å². The molecule has 1 rings (SSSR count). The fraction of sp³-hybridized carbons (Fsp3) is 0.455. The summed E-state index contributed by atoms with van der Waals surface area (Å²) in [5, 5.41) is 12.6. The molecule has 90 valence electrons. The number of methoxy groups -OCH3 is 1. The topological polar surface area (TPSA) is 41.5 Å². The van der Waals surface area contributed by atoms with E-state index in [1.165, 1.54) is 0 Å². The van der Waals surface area contributed by atoms with E-state index in [1.54, 1.807) is 26.3 Å². The Morgan fingerprint density at radius 1 is 1.56 bits per heavy atom. The zero-order valence-electron chi connectivity index (χ0n) is 9.26. The largest absolute Gasteiger partial charge is 0.387 e. The highest BCUT2D eigenvalue weighted by atomic mass is 79.9. The van der Waals surface area contributed by atoms with Gasteiger partial charge in [0.25, 0.3) is 0 Å². The zero-order valence-corrected chi connectivity index (χ0v) is 10.8. The summed E-state index contributed by atoms with van der Waals surface area (Å²) < 4.78 is 19.0. The third kappa shape index (κ3) is 3.25. The molecule has 0 radical (unpaired) electrons. The minimum atomic E-state index is -0.863. The third-order valence-electron chi connectivity index (χ3n) is 2.18. The molecule has 0 aliphatic heterocycles. The van der Waals surface area contributed by atoms with Crippen molar-refractivity contribution in [3.63, 3.8) is 0 Å². The molecular formula is C11H15BrFNO2. The summed E-state index contributed by atoms with van der Waals surface area (Å²) >= 11 is 3.12. The molecule has 1 unspecified atom stereocenters. The van der Waals surface area contributed by atoms with E-state index in [0.29, 0.717) is 17.6 Å². The molecule has 1 atom stereocenters. The molecular weight excluding hydrogens is 277 g/mol. The summed E-state index contributed by atoms with van der Waals surface area (Å²) in [6, 6.07) is 3.26. The maximum Gasteiger partial charge on any atom is 0.143 e. The first kappa shape index (κ1) is 13.6. The lowest BCUT2D eigenvalue weighted by Crippen LogP contribution is -2.18. The van der Waals surface area contributed by atoms with Gasteiger partial charge in [0.2, 0.25) is 0 Å². The Kier molecular flexibility index (Phi) is 5.34. The number of hydrogen-bond acceptors (Lipinski definition) is 3. The molecule has 16 heavy (non-hydrogen) atoms. The number of ether oxygens (including phenoxy) is 1. The van der Waals surface area contributed by atoms with E-state index in [1.807, 2.05) is 0 Å². The Morgan fingerprint density at radius 3 is 2.81 bits per heavy atom. The van der Waals surface area contributed by atoms with Crippen LogP contribution in [0.1, 0.15) is 17.2 Å². The van der Waals surface area contributed by atoms with Gasteiger partial charge in [-0.2, -0.15) is 0 Å². The summed E-state index contributed by atoms with van der Waals surface area (Å²) in [5.41, 5.74) is 1.09. The monoisotopic (exact) mass is 291 g/mol. The molecule has 0 fully saturated rings.